The van der Waals surface area contributed by atoms with Crippen molar-refractivity contribution in [3.8, 4) is 24.8 Å². The van der Waals surface area contributed by atoms with Crippen molar-refractivity contribution in [3.63, 3.8) is 0 Å². The van der Waals surface area contributed by atoms with Crippen molar-refractivity contribution in [3.05, 3.63) is 0 Å². The van der Waals surface area contributed by atoms with Gasteiger partial charge in [-0.25, -0.2) is 0 Å². The molecule has 1 fully saturated rings. The van der Waals surface area contributed by atoms with Gasteiger partial charge in [-0.05, 0) is 0 Å². The zero-order valence-corrected chi connectivity index (χ0v) is 11.8. The van der Waals surface area contributed by atoms with Crippen LogP contribution in [0, 0.1) is 51.1 Å². The maximum atomic E-state index is 8.56. The van der Waals surface area contributed by atoms with Crippen molar-refractivity contribution in [2.24, 2.45) is 0 Å². The summed E-state index contributed by atoms with van der Waals surface area (Å²) in [5.41, 5.74) is 0. The van der Waals surface area contributed by atoms with E-state index in [4.69, 9.17) is 31.4 Å². The second kappa shape index (κ2) is 8.11. The molecule has 20 heavy (non-hydrogen) atoms. The Labute approximate surface area is 118 Å². The van der Waals surface area contributed by atoms with Gasteiger partial charge in [-0.15, -0.1) is 0 Å². The number of hydrogen-bond donors (Lipinski definition) is 2. The predicted octanol–water partition coefficient (Wildman–Crippen LogP) is -1.03. The van der Waals surface area contributed by atoms with Crippen LogP contribution < -0.4 is 5.32 Å². The summed E-state index contributed by atoms with van der Waals surface area (Å²) in [6.07, 6.45) is 0. The Hall–Kier alpha value is -2.15. The Bertz CT molecular complexity index is 434. The number of nitrogens with one attached hydrogen (secondary N) is 1. The van der Waals surface area contributed by atoms with Gasteiger partial charge in [0.1, 0.15) is 0 Å². The molecule has 0 aromatic rings. The minimum Gasteiger partial charge on any atom is -0.395 e. The number of aliphatic hydroxyl groups is 1. The van der Waals surface area contributed by atoms with Gasteiger partial charge in [-0.1, -0.05) is 0 Å². The summed E-state index contributed by atoms with van der Waals surface area (Å²) in [4.78, 5) is 8.39. The molecule has 0 bridgehead atoms. The van der Waals surface area contributed by atoms with Gasteiger partial charge in [0, 0.05) is 32.7 Å². The predicted molar refractivity (Wildman–Crippen MR) is 64.5 cm³/mol. The van der Waals surface area contributed by atoms with Crippen LogP contribution in [0.2, 0.25) is 0 Å². The third-order valence-corrected chi connectivity index (χ3v) is 4.89. The van der Waals surface area contributed by atoms with Crippen LogP contribution in [0.5, 0.6) is 0 Å². The van der Waals surface area contributed by atoms with Crippen molar-refractivity contribution in [1.82, 2.24) is 10.2 Å². The van der Waals surface area contributed by atoms with E-state index in [-0.39, 0.29) is 0 Å². The van der Waals surface area contributed by atoms with Gasteiger partial charge >= 0.3 is 62.9 Å². The first-order valence-corrected chi connectivity index (χ1v) is 8.23. The molecule has 9 heteroatoms. The molecule has 1 heterocycles. The maximum absolute atomic E-state index is 8.56. The number of β-amino-alcohol motifs (C(OH)–C–C–N with tert-alkyl or cyclic N) is 1. The van der Waals surface area contributed by atoms with Gasteiger partial charge in [-0.2, -0.15) is 0 Å². The molecular formula is C11H14FeN7O. The molecule has 1 aliphatic heterocycles. The van der Waals surface area contributed by atoms with Gasteiger partial charge in [0.15, 0.2) is 0 Å². The monoisotopic (exact) mass is 316 g/mol. The zero-order valence-electron chi connectivity index (χ0n) is 10.7. The summed E-state index contributed by atoms with van der Waals surface area (Å²) in [6, 6.07) is 0. The van der Waals surface area contributed by atoms with Crippen molar-refractivity contribution >= 4 is 0 Å². The van der Waals surface area contributed by atoms with Gasteiger partial charge in [0.25, 0.3) is 0 Å². The molecule has 0 aromatic carbocycles. The second-order valence-electron chi connectivity index (χ2n) is 3.59. The molecule has 0 radical (unpaired) electrons. The van der Waals surface area contributed by atoms with Crippen molar-refractivity contribution < 1.29 is 16.9 Å². The Morgan fingerprint density at radius 3 is 1.55 bits per heavy atom. The van der Waals surface area contributed by atoms with E-state index in [9.17, 15) is 0 Å². The fourth-order valence-electron chi connectivity index (χ4n) is 1.25. The van der Waals surface area contributed by atoms with Crippen LogP contribution in [0.4, 0.5) is 0 Å². The molecule has 0 saturated carbocycles. The van der Waals surface area contributed by atoms with Gasteiger partial charge in [-0.3, -0.25) is 4.90 Å². The number of nitrogens with zero attached hydrogens (tertiary/aromatic N) is 6. The molecule has 0 aromatic heterocycles. The van der Waals surface area contributed by atoms with E-state index >= 15 is 0 Å². The van der Waals surface area contributed by atoms with Gasteiger partial charge in [0.05, 0.1) is 6.61 Å². The Morgan fingerprint density at radius 2 is 1.30 bits per heavy atom. The Balaban J connectivity index is 0.000000367. The van der Waals surface area contributed by atoms with Crippen LogP contribution in [-0.2, 0) is 11.8 Å². The maximum Gasteiger partial charge on any atom is 0.0558 e. The normalized spacial score (nSPS) is 16.3. The molecule has 107 valence electrons. The smallest absolute Gasteiger partial charge is 0.0558 e. The van der Waals surface area contributed by atoms with Crippen LogP contribution in [0.15, 0.2) is 0 Å². The molecule has 1 rings (SSSR count). The van der Waals surface area contributed by atoms with E-state index in [1.807, 2.05) is 0 Å². The molecule has 0 spiro atoms. The SMILES string of the molecule is N#[C][Fe]([C]#N)([C]#N)([C]#N)[C]#N.OCCN1CCNCC1. The first-order valence-electron chi connectivity index (χ1n) is 5.47. The van der Waals surface area contributed by atoms with Crippen LogP contribution in [0.1, 0.15) is 0 Å². The molecule has 0 atom stereocenters. The number of nitriles is 5. The molecule has 1 saturated heterocycles. The first kappa shape index (κ1) is 17.8. The minimum absolute atomic E-state index is 0.292. The molecule has 0 unspecified atom stereocenters. The van der Waals surface area contributed by atoms with E-state index in [2.05, 4.69) is 10.2 Å². The fraction of sp³-hybridized carbons (Fsp3) is 0.545. The standard InChI is InChI=1S/C6H14N2O.5CN.Fe/c9-6-5-8-3-1-7-2-4-8;5*1-2;/h7,9H,1-6H2;;;;;;. The summed E-state index contributed by atoms with van der Waals surface area (Å²) >= 11 is -4.78. The van der Waals surface area contributed by atoms with Crippen molar-refractivity contribution in [2.45, 2.75) is 0 Å². The quantitative estimate of drug-likeness (QED) is 0.612. The molecular weight excluding hydrogens is 302 g/mol. The topological polar surface area (TPSA) is 154 Å². The van der Waals surface area contributed by atoms with E-state index in [1.54, 1.807) is 0 Å². The van der Waals surface area contributed by atoms with E-state index < -0.39 is 11.8 Å². The van der Waals surface area contributed by atoms with Crippen LogP contribution in [0.25, 0.3) is 0 Å². The summed E-state index contributed by atoms with van der Waals surface area (Å²) in [7, 11) is 0. The van der Waals surface area contributed by atoms with E-state index in [0.29, 0.717) is 6.61 Å². The van der Waals surface area contributed by atoms with Crippen molar-refractivity contribution in [1.29, 1.82) is 26.3 Å². The fourth-order valence-corrected chi connectivity index (χ4v) is 1.81. The molecule has 8 nitrogen and oxygen atoms in total. The van der Waals surface area contributed by atoms with Gasteiger partial charge in [0.2, 0.25) is 0 Å². The summed E-state index contributed by atoms with van der Waals surface area (Å²) in [5.74, 6) is 0. The minimum atomic E-state index is -4.78. The average molecular weight is 316 g/mol. The van der Waals surface area contributed by atoms with E-state index in [1.165, 1.54) is 24.8 Å². The Morgan fingerprint density at radius 1 is 0.900 bits per heavy atom. The van der Waals surface area contributed by atoms with E-state index in [0.717, 1.165) is 32.7 Å². The van der Waals surface area contributed by atoms with Crippen molar-refractivity contribution in [2.75, 3.05) is 39.3 Å². The largest absolute Gasteiger partial charge is 0.395 e. The molecule has 0 aliphatic carbocycles. The molecule has 2 N–H and O–H groups in total. The molecule has 1 aliphatic rings. The molecule has 0 amide bonds. The summed E-state index contributed by atoms with van der Waals surface area (Å²) in [6.45, 7) is 5.43. The Kier molecular flexibility index (Phi) is 7.24. The number of piperazine rings is 1. The second-order valence-corrected chi connectivity index (χ2v) is 7.59. The summed E-state index contributed by atoms with van der Waals surface area (Å²) < 4.78 is 0. The first-order chi connectivity index (χ1) is 9.55. The van der Waals surface area contributed by atoms with Crippen LogP contribution >= 0.6 is 0 Å². The number of hydrogen-bond acceptors (Lipinski definition) is 8. The van der Waals surface area contributed by atoms with Crippen LogP contribution in [-0.4, -0.2) is 49.3 Å². The van der Waals surface area contributed by atoms with Crippen LogP contribution in [0.3, 0.4) is 0 Å². The third-order valence-electron chi connectivity index (χ3n) is 2.42. The number of aliphatic hydroxyl groups excluding tert-OH is 1. The average Bonchev–Trinajstić information content (AvgIpc) is 2.54. The third kappa shape index (κ3) is 4.20. The summed E-state index contributed by atoms with van der Waals surface area (Å²) in [5, 5.41) is 53.6. The van der Waals surface area contributed by atoms with Gasteiger partial charge < -0.3 is 10.4 Å². The number of rotatable bonds is 2. The zero-order chi connectivity index (χ0) is 15.5.